The lowest BCUT2D eigenvalue weighted by molar-refractivity contribution is -0.143. The van der Waals surface area contributed by atoms with E-state index < -0.39 is 6.29 Å². The van der Waals surface area contributed by atoms with E-state index in [2.05, 4.69) is 0 Å². The van der Waals surface area contributed by atoms with Crippen LogP contribution in [0.1, 0.15) is 14.7 Å². The highest BCUT2D eigenvalue weighted by atomic mass is 16.7. The molecule has 2 heterocycles. The maximum atomic E-state index is 11.4. The summed E-state index contributed by atoms with van der Waals surface area (Å²) in [6.45, 7) is 0.717. The summed E-state index contributed by atoms with van der Waals surface area (Å²) < 4.78 is 17.3. The van der Waals surface area contributed by atoms with E-state index in [1.807, 2.05) is 0 Å². The van der Waals surface area contributed by atoms with Crippen LogP contribution in [0.25, 0.3) is 0 Å². The lowest BCUT2D eigenvalue weighted by atomic mass is 10.1. The molecular weight excluding hydrogens is 144 g/mol. The van der Waals surface area contributed by atoms with Gasteiger partial charge in [-0.3, -0.25) is 4.79 Å². The number of hydrogen-bond donors (Lipinski definition) is 0. The van der Waals surface area contributed by atoms with Gasteiger partial charge in [0.25, 0.3) is 0 Å². The average Bonchev–Trinajstić information content (AvgIpc) is 2.45. The minimum Gasteiger partial charge on any atom is -0.343 e. The lowest BCUT2D eigenvalue weighted by Gasteiger charge is -2.15. The molecule has 3 nitrogen and oxygen atoms in total. The van der Waals surface area contributed by atoms with Gasteiger partial charge in [-0.05, 0) is 18.1 Å². The third-order valence-electron chi connectivity index (χ3n) is 1.90. The Morgan fingerprint density at radius 3 is 3.64 bits per heavy atom. The topological polar surface area (TPSA) is 35.5 Å². The van der Waals surface area contributed by atoms with Crippen LogP contribution in [0.5, 0.6) is 0 Å². The summed E-state index contributed by atoms with van der Waals surface area (Å²) in [6, 6.07) is 0. The van der Waals surface area contributed by atoms with Gasteiger partial charge in [0, 0.05) is 1.37 Å². The largest absolute Gasteiger partial charge is 0.343 e. The minimum absolute atomic E-state index is 0.0609. The molecule has 0 N–H and O–H groups in total. The number of hydrogen-bond acceptors (Lipinski definition) is 3. The fraction of sp³-hybridized carbons (Fsp3) is 0.625. The maximum absolute atomic E-state index is 11.4. The molecule has 0 aromatic heterocycles. The molecule has 0 aromatic rings. The first-order chi connectivity index (χ1) is 5.81. The van der Waals surface area contributed by atoms with Gasteiger partial charge in [0.05, 0.1) is 6.61 Å². The first kappa shape index (κ1) is 5.91. The monoisotopic (exact) mass is 155 g/mol. The van der Waals surface area contributed by atoms with E-state index in [1.54, 1.807) is 6.08 Å². The minimum atomic E-state index is -0.679. The van der Waals surface area contributed by atoms with Crippen LogP contribution in [0.15, 0.2) is 11.6 Å². The van der Waals surface area contributed by atoms with E-state index in [9.17, 15) is 4.79 Å². The third-order valence-corrected chi connectivity index (χ3v) is 1.90. The van der Waals surface area contributed by atoms with E-state index in [0.717, 1.165) is 0 Å². The standard InChI is InChI=1S/C8H10O3/c1-2-5-3-6-4-10-8(11-6)7(5)9/h3,6,8H,2,4H2,1H3/t6-,8?/m0/s1/i1D. The molecular formula is C8H10O3. The van der Waals surface area contributed by atoms with Crippen LogP contribution >= 0.6 is 0 Å². The van der Waals surface area contributed by atoms with Crippen molar-refractivity contribution in [2.24, 2.45) is 0 Å². The Hall–Kier alpha value is -0.670. The summed E-state index contributed by atoms with van der Waals surface area (Å²) in [5.41, 5.74) is 0.698. The fourth-order valence-corrected chi connectivity index (χ4v) is 1.31. The molecule has 0 aliphatic carbocycles. The van der Waals surface area contributed by atoms with Gasteiger partial charge in [0.2, 0.25) is 12.1 Å². The third kappa shape index (κ3) is 1.01. The number of carbonyl (C=O) groups is 1. The van der Waals surface area contributed by atoms with E-state index in [4.69, 9.17) is 10.8 Å². The van der Waals surface area contributed by atoms with Crippen LogP contribution in [0, 0.1) is 0 Å². The van der Waals surface area contributed by atoms with Gasteiger partial charge in [-0.15, -0.1) is 0 Å². The summed E-state index contributed by atoms with van der Waals surface area (Å²) in [6.07, 6.45) is 1.55. The Balaban J connectivity index is 2.17. The van der Waals surface area contributed by atoms with Crippen LogP contribution in [-0.4, -0.2) is 24.8 Å². The highest BCUT2D eigenvalue weighted by Crippen LogP contribution is 2.24. The van der Waals surface area contributed by atoms with E-state index in [1.165, 1.54) is 0 Å². The van der Waals surface area contributed by atoms with Gasteiger partial charge in [-0.25, -0.2) is 0 Å². The summed E-state index contributed by atoms with van der Waals surface area (Å²) >= 11 is 0. The highest BCUT2D eigenvalue weighted by Gasteiger charge is 2.36. The van der Waals surface area contributed by atoms with E-state index in [0.29, 0.717) is 18.6 Å². The van der Waals surface area contributed by atoms with Crippen molar-refractivity contribution in [1.29, 1.82) is 0 Å². The molecule has 2 aliphatic heterocycles. The molecule has 1 unspecified atom stereocenters. The quantitative estimate of drug-likeness (QED) is 0.557. The van der Waals surface area contributed by atoms with Gasteiger partial charge in [0.15, 0.2) is 0 Å². The Morgan fingerprint density at radius 2 is 2.82 bits per heavy atom. The summed E-state index contributed by atoms with van der Waals surface area (Å²) in [7, 11) is 0. The molecule has 2 rings (SSSR count). The average molecular weight is 155 g/mol. The van der Waals surface area contributed by atoms with E-state index >= 15 is 0 Å². The van der Waals surface area contributed by atoms with Crippen LogP contribution in [0.3, 0.4) is 0 Å². The summed E-state index contributed by atoms with van der Waals surface area (Å²) in [5.74, 6) is -0.101. The van der Waals surface area contributed by atoms with Crippen LogP contribution in [0.2, 0.25) is 0 Å². The van der Waals surface area contributed by atoms with Crippen molar-refractivity contribution in [2.45, 2.75) is 25.7 Å². The molecule has 0 spiro atoms. The number of ether oxygens (including phenoxy) is 2. The van der Waals surface area contributed by atoms with Crippen LogP contribution in [-0.2, 0) is 14.3 Å². The predicted molar refractivity (Wildman–Crippen MR) is 38.0 cm³/mol. The second-order valence-corrected chi connectivity index (χ2v) is 2.65. The summed E-state index contributed by atoms with van der Waals surface area (Å²) in [4.78, 5) is 11.4. The number of fused-ring (bicyclic) bond motifs is 2. The lowest BCUT2D eigenvalue weighted by Crippen LogP contribution is -2.27. The summed E-state index contributed by atoms with van der Waals surface area (Å²) in [5, 5.41) is 0. The fourth-order valence-electron chi connectivity index (χ4n) is 1.31. The number of carbonyl (C=O) groups excluding carboxylic acids is 1. The molecule has 2 atom stereocenters. The molecule has 0 radical (unpaired) electrons. The highest BCUT2D eigenvalue weighted by molar-refractivity contribution is 5.98. The first-order valence-electron chi connectivity index (χ1n) is 4.33. The molecule has 0 aromatic carbocycles. The van der Waals surface area contributed by atoms with Gasteiger partial charge >= 0.3 is 0 Å². The van der Waals surface area contributed by atoms with Crippen LogP contribution < -0.4 is 0 Å². The van der Waals surface area contributed by atoms with Crippen molar-refractivity contribution in [1.82, 2.24) is 0 Å². The number of ketones is 1. The second-order valence-electron chi connectivity index (χ2n) is 2.65. The molecule has 2 bridgehead atoms. The van der Waals surface area contributed by atoms with Crippen molar-refractivity contribution < 1.29 is 15.6 Å². The van der Waals surface area contributed by atoms with Crippen molar-refractivity contribution >= 4 is 5.78 Å². The van der Waals surface area contributed by atoms with Crippen molar-refractivity contribution in [3.05, 3.63) is 11.6 Å². The second kappa shape index (κ2) is 2.43. The predicted octanol–water partition coefficient (Wildman–Crippen LogP) is 0.647. The van der Waals surface area contributed by atoms with Gasteiger partial charge < -0.3 is 9.47 Å². The number of Topliss-reactive ketones (excluding diaryl/α,β-unsaturated/α-hetero) is 1. The Labute approximate surface area is 66.4 Å². The molecule has 2 aliphatic rings. The first-order valence-corrected chi connectivity index (χ1v) is 3.62. The molecule has 11 heavy (non-hydrogen) atoms. The Morgan fingerprint density at radius 1 is 1.91 bits per heavy atom. The smallest absolute Gasteiger partial charge is 0.223 e. The molecule has 0 saturated carbocycles. The Bertz CT molecular complexity index is 236. The zero-order valence-corrected chi connectivity index (χ0v) is 6.08. The van der Waals surface area contributed by atoms with Crippen molar-refractivity contribution in [3.8, 4) is 0 Å². The van der Waals surface area contributed by atoms with Crippen molar-refractivity contribution in [2.75, 3.05) is 6.61 Å². The van der Waals surface area contributed by atoms with Gasteiger partial charge in [0.1, 0.15) is 6.10 Å². The van der Waals surface area contributed by atoms with Crippen molar-refractivity contribution in [3.63, 3.8) is 0 Å². The zero-order chi connectivity index (χ0) is 8.55. The maximum Gasteiger partial charge on any atom is 0.223 e. The van der Waals surface area contributed by atoms with Crippen LogP contribution in [0.4, 0.5) is 0 Å². The molecule has 0 amide bonds. The normalized spacial score (nSPS) is 36.9. The number of rotatable bonds is 1. The molecule has 60 valence electrons. The Kier molecular flexibility index (Phi) is 1.31. The SMILES string of the molecule is [2H]CCC1=C[C@H]2COC(O2)C1=O. The molecule has 1 fully saturated rings. The van der Waals surface area contributed by atoms with Gasteiger partial charge in [-0.2, -0.15) is 0 Å². The van der Waals surface area contributed by atoms with E-state index in [-0.39, 0.29) is 18.8 Å². The molecule has 1 saturated heterocycles. The molecule has 3 heteroatoms. The zero-order valence-electron chi connectivity index (χ0n) is 7.08. The van der Waals surface area contributed by atoms with Gasteiger partial charge in [-0.1, -0.05) is 6.90 Å².